The van der Waals surface area contributed by atoms with Gasteiger partial charge in [-0.2, -0.15) is 0 Å². The number of ether oxygens (including phenoxy) is 2. The highest BCUT2D eigenvalue weighted by molar-refractivity contribution is 5.70. The normalized spacial score (nSPS) is 12.0. The van der Waals surface area contributed by atoms with Crippen LogP contribution in [0.3, 0.4) is 0 Å². The topological polar surface area (TPSA) is 52.6 Å². The van der Waals surface area contributed by atoms with Crippen molar-refractivity contribution in [2.24, 2.45) is 5.92 Å². The van der Waals surface area contributed by atoms with Crippen molar-refractivity contribution in [3.63, 3.8) is 0 Å². The molecule has 0 aromatic rings. The molecule has 0 aliphatic carbocycles. The number of carbonyl (C=O) groups excluding carboxylic acids is 2. The summed E-state index contributed by atoms with van der Waals surface area (Å²) >= 11 is 0. The molecule has 0 aliphatic heterocycles. The zero-order chi connectivity index (χ0) is 18.8. The number of hydrogen-bond acceptors (Lipinski definition) is 4. The van der Waals surface area contributed by atoms with E-state index in [2.05, 4.69) is 13.8 Å². The average Bonchev–Trinajstić information content (AvgIpc) is 2.59. The molecule has 0 rings (SSSR count). The van der Waals surface area contributed by atoms with Gasteiger partial charge in [-0.25, -0.2) is 0 Å². The largest absolute Gasteiger partial charge is 0.466 e. The molecule has 1 atom stereocenters. The summed E-state index contributed by atoms with van der Waals surface area (Å²) in [6, 6.07) is 0. The average molecular weight is 357 g/mol. The predicted octanol–water partition coefficient (Wildman–Crippen LogP) is 5.82. The summed E-state index contributed by atoms with van der Waals surface area (Å²) in [6.07, 6.45) is 13.0. The van der Waals surface area contributed by atoms with Crippen molar-refractivity contribution >= 4 is 11.9 Å². The van der Waals surface area contributed by atoms with Gasteiger partial charge in [-0.05, 0) is 25.2 Å². The van der Waals surface area contributed by atoms with Crippen LogP contribution in [0.5, 0.6) is 0 Å². The van der Waals surface area contributed by atoms with E-state index in [0.29, 0.717) is 32.5 Å². The smallest absolute Gasteiger partial charge is 0.306 e. The third kappa shape index (κ3) is 17.6. The highest BCUT2D eigenvalue weighted by Crippen LogP contribution is 2.13. The van der Waals surface area contributed by atoms with E-state index in [4.69, 9.17) is 9.47 Å². The van der Waals surface area contributed by atoms with Crippen molar-refractivity contribution in [2.45, 2.75) is 104 Å². The Morgan fingerprint density at radius 2 is 1.20 bits per heavy atom. The fourth-order valence-electron chi connectivity index (χ4n) is 2.67. The Morgan fingerprint density at radius 1 is 0.720 bits per heavy atom. The van der Waals surface area contributed by atoms with Gasteiger partial charge in [0.15, 0.2) is 0 Å². The lowest BCUT2D eigenvalue weighted by Gasteiger charge is -2.11. The Bertz CT molecular complexity index is 328. The second-order valence-corrected chi connectivity index (χ2v) is 7.12. The van der Waals surface area contributed by atoms with Gasteiger partial charge in [0.2, 0.25) is 0 Å². The molecule has 0 amide bonds. The van der Waals surface area contributed by atoms with Crippen molar-refractivity contribution in [1.29, 1.82) is 0 Å². The van der Waals surface area contributed by atoms with Gasteiger partial charge in [0, 0.05) is 12.8 Å². The minimum Gasteiger partial charge on any atom is -0.466 e. The molecule has 0 spiro atoms. The molecule has 0 saturated carbocycles. The van der Waals surface area contributed by atoms with E-state index in [1.807, 2.05) is 6.92 Å². The van der Waals surface area contributed by atoms with Crippen LogP contribution in [0.4, 0.5) is 0 Å². The molecule has 1 unspecified atom stereocenters. The maximum Gasteiger partial charge on any atom is 0.306 e. The molecular weight excluding hydrogens is 316 g/mol. The molecule has 0 saturated heterocycles. The van der Waals surface area contributed by atoms with Gasteiger partial charge in [-0.1, -0.05) is 72.1 Å². The zero-order valence-corrected chi connectivity index (χ0v) is 16.8. The van der Waals surface area contributed by atoms with Crippen molar-refractivity contribution in [3.05, 3.63) is 0 Å². The maximum atomic E-state index is 11.7. The Morgan fingerprint density at radius 3 is 1.72 bits per heavy atom. The first-order chi connectivity index (χ1) is 12.1. The molecule has 0 aromatic heterocycles. The summed E-state index contributed by atoms with van der Waals surface area (Å²) in [5.41, 5.74) is 0. The fraction of sp³-hybridized carbons (Fsp3) is 0.905. The molecule has 0 aliphatic rings. The van der Waals surface area contributed by atoms with Crippen LogP contribution in [0, 0.1) is 5.92 Å². The van der Waals surface area contributed by atoms with Crippen LogP contribution in [0.15, 0.2) is 0 Å². The summed E-state index contributed by atoms with van der Waals surface area (Å²) in [4.78, 5) is 23.4. The van der Waals surface area contributed by atoms with Crippen molar-refractivity contribution in [3.8, 4) is 0 Å². The van der Waals surface area contributed by atoms with Gasteiger partial charge < -0.3 is 9.47 Å². The van der Waals surface area contributed by atoms with Crippen molar-refractivity contribution in [1.82, 2.24) is 0 Å². The highest BCUT2D eigenvalue weighted by Gasteiger charge is 2.13. The van der Waals surface area contributed by atoms with E-state index in [9.17, 15) is 9.59 Å². The third-order valence-corrected chi connectivity index (χ3v) is 4.38. The zero-order valence-electron chi connectivity index (χ0n) is 16.8. The SMILES string of the molecule is CCCCCCCOC(=O)CCC(C)CC(=O)OCCCCCCC. The van der Waals surface area contributed by atoms with Gasteiger partial charge in [0.25, 0.3) is 0 Å². The quantitative estimate of drug-likeness (QED) is 0.243. The molecule has 0 bridgehead atoms. The summed E-state index contributed by atoms with van der Waals surface area (Å²) in [6.45, 7) is 7.41. The van der Waals surface area contributed by atoms with Crippen LogP contribution in [-0.2, 0) is 19.1 Å². The second kappa shape index (κ2) is 17.8. The summed E-state index contributed by atoms with van der Waals surface area (Å²) in [5.74, 6) is -0.136. The number of rotatable bonds is 17. The van der Waals surface area contributed by atoms with E-state index < -0.39 is 0 Å². The van der Waals surface area contributed by atoms with Gasteiger partial charge in [-0.15, -0.1) is 0 Å². The Kier molecular flexibility index (Phi) is 17.0. The van der Waals surface area contributed by atoms with E-state index in [-0.39, 0.29) is 17.9 Å². The Balaban J connectivity index is 3.52. The van der Waals surface area contributed by atoms with E-state index in [1.165, 1.54) is 38.5 Å². The first-order valence-electron chi connectivity index (χ1n) is 10.4. The lowest BCUT2D eigenvalue weighted by molar-refractivity contribution is -0.147. The standard InChI is InChI=1S/C21H40O4/c1-4-6-8-10-12-16-24-20(22)15-14-19(3)18-21(23)25-17-13-11-9-7-5-2/h19H,4-18H2,1-3H3. The van der Waals surface area contributed by atoms with Crippen LogP contribution < -0.4 is 0 Å². The Labute approximate surface area is 155 Å². The van der Waals surface area contributed by atoms with E-state index in [1.54, 1.807) is 0 Å². The summed E-state index contributed by atoms with van der Waals surface area (Å²) in [5, 5.41) is 0. The van der Waals surface area contributed by atoms with E-state index in [0.717, 1.165) is 25.7 Å². The predicted molar refractivity (Wildman–Crippen MR) is 102 cm³/mol. The fourth-order valence-corrected chi connectivity index (χ4v) is 2.67. The molecule has 148 valence electrons. The minimum atomic E-state index is -0.147. The van der Waals surface area contributed by atoms with Gasteiger partial charge >= 0.3 is 11.9 Å². The van der Waals surface area contributed by atoms with Crippen LogP contribution in [0.2, 0.25) is 0 Å². The minimum absolute atomic E-state index is 0.146. The van der Waals surface area contributed by atoms with Crippen LogP contribution in [-0.4, -0.2) is 25.2 Å². The van der Waals surface area contributed by atoms with Crippen LogP contribution >= 0.6 is 0 Å². The van der Waals surface area contributed by atoms with Gasteiger partial charge in [-0.3, -0.25) is 9.59 Å². The number of hydrogen-bond donors (Lipinski definition) is 0. The molecule has 4 nitrogen and oxygen atoms in total. The molecule has 4 heteroatoms. The maximum absolute atomic E-state index is 11.7. The second-order valence-electron chi connectivity index (χ2n) is 7.12. The van der Waals surface area contributed by atoms with Crippen molar-refractivity contribution in [2.75, 3.05) is 13.2 Å². The Hall–Kier alpha value is -1.06. The monoisotopic (exact) mass is 356 g/mol. The summed E-state index contributed by atoms with van der Waals surface area (Å²) in [7, 11) is 0. The first kappa shape index (κ1) is 23.9. The lowest BCUT2D eigenvalue weighted by Crippen LogP contribution is -2.13. The molecule has 25 heavy (non-hydrogen) atoms. The summed E-state index contributed by atoms with van der Waals surface area (Å²) < 4.78 is 10.5. The van der Waals surface area contributed by atoms with Gasteiger partial charge in [0.05, 0.1) is 13.2 Å². The molecule has 0 heterocycles. The number of carbonyl (C=O) groups is 2. The highest BCUT2D eigenvalue weighted by atomic mass is 16.5. The molecule has 0 aromatic carbocycles. The van der Waals surface area contributed by atoms with Crippen molar-refractivity contribution < 1.29 is 19.1 Å². The van der Waals surface area contributed by atoms with E-state index >= 15 is 0 Å². The molecule has 0 fully saturated rings. The first-order valence-corrected chi connectivity index (χ1v) is 10.4. The van der Waals surface area contributed by atoms with Crippen LogP contribution in [0.25, 0.3) is 0 Å². The van der Waals surface area contributed by atoms with Gasteiger partial charge in [0.1, 0.15) is 0 Å². The number of esters is 2. The molecule has 0 radical (unpaired) electrons. The molecular formula is C21H40O4. The van der Waals surface area contributed by atoms with Crippen LogP contribution in [0.1, 0.15) is 104 Å². The lowest BCUT2D eigenvalue weighted by atomic mass is 10.0. The third-order valence-electron chi connectivity index (χ3n) is 4.38. The number of unbranched alkanes of at least 4 members (excludes halogenated alkanes) is 8. The molecule has 0 N–H and O–H groups in total.